The average molecular weight is 363 g/mol. The Morgan fingerprint density at radius 3 is 2.64 bits per heavy atom. The van der Waals surface area contributed by atoms with Gasteiger partial charge < -0.3 is 9.42 Å². The van der Waals surface area contributed by atoms with Crippen LogP contribution in [0.2, 0.25) is 0 Å². The molecule has 0 saturated carbocycles. The predicted octanol–water partition coefficient (Wildman–Crippen LogP) is 4.28. The molecule has 1 heterocycles. The van der Waals surface area contributed by atoms with Crippen molar-refractivity contribution in [3.63, 3.8) is 0 Å². The molecule has 0 fully saturated rings. The number of aryl methyl sites for hydroxylation is 1. The van der Waals surface area contributed by atoms with E-state index in [0.717, 1.165) is 12.1 Å². The summed E-state index contributed by atoms with van der Waals surface area (Å²) in [7, 11) is 1.74. The van der Waals surface area contributed by atoms with Crippen LogP contribution in [0.5, 0.6) is 0 Å². The normalized spacial score (nSPS) is 12.3. The molecular formula is C16H18F5N3O. The van der Waals surface area contributed by atoms with Gasteiger partial charge in [0.1, 0.15) is 0 Å². The van der Waals surface area contributed by atoms with Gasteiger partial charge in [0, 0.05) is 24.9 Å². The topological polar surface area (TPSA) is 42.2 Å². The number of halogens is 5. The van der Waals surface area contributed by atoms with Crippen LogP contribution in [0.15, 0.2) is 28.8 Å². The van der Waals surface area contributed by atoms with Gasteiger partial charge in [0.2, 0.25) is 18.1 Å². The van der Waals surface area contributed by atoms with Crippen LogP contribution in [-0.2, 0) is 12.6 Å². The number of nitrogens with zero attached hydrogens (tertiary/aromatic N) is 3. The zero-order chi connectivity index (χ0) is 18.4. The van der Waals surface area contributed by atoms with Crippen molar-refractivity contribution in [3.8, 4) is 11.4 Å². The van der Waals surface area contributed by atoms with Gasteiger partial charge >= 0.3 is 6.18 Å². The Morgan fingerprint density at radius 2 is 1.96 bits per heavy atom. The lowest BCUT2D eigenvalue weighted by Crippen LogP contribution is -2.22. The van der Waals surface area contributed by atoms with E-state index in [1.807, 2.05) is 0 Å². The van der Waals surface area contributed by atoms with Gasteiger partial charge in [-0.1, -0.05) is 17.3 Å². The fourth-order valence-corrected chi connectivity index (χ4v) is 2.24. The third-order valence-electron chi connectivity index (χ3n) is 3.58. The minimum Gasteiger partial charge on any atom is -0.339 e. The molecule has 0 amide bonds. The maximum atomic E-state index is 12.7. The van der Waals surface area contributed by atoms with Gasteiger partial charge in [-0.2, -0.15) is 18.2 Å². The van der Waals surface area contributed by atoms with Crippen molar-refractivity contribution in [3.05, 3.63) is 35.7 Å². The van der Waals surface area contributed by atoms with Crippen LogP contribution < -0.4 is 0 Å². The summed E-state index contributed by atoms with van der Waals surface area (Å²) >= 11 is 0. The molecule has 0 atom stereocenters. The molecule has 2 rings (SSSR count). The lowest BCUT2D eigenvalue weighted by Gasteiger charge is -2.15. The van der Waals surface area contributed by atoms with E-state index < -0.39 is 18.2 Å². The van der Waals surface area contributed by atoms with Crippen molar-refractivity contribution in [2.24, 2.45) is 0 Å². The number of alkyl halides is 5. The third kappa shape index (κ3) is 6.08. The van der Waals surface area contributed by atoms with Gasteiger partial charge in [-0.3, -0.25) is 0 Å². The fourth-order valence-electron chi connectivity index (χ4n) is 2.24. The largest absolute Gasteiger partial charge is 0.416 e. The van der Waals surface area contributed by atoms with E-state index in [2.05, 4.69) is 10.1 Å². The Kier molecular flexibility index (Phi) is 6.46. The summed E-state index contributed by atoms with van der Waals surface area (Å²) in [6.45, 7) is 0.866. The first-order valence-corrected chi connectivity index (χ1v) is 7.72. The van der Waals surface area contributed by atoms with E-state index >= 15 is 0 Å². The molecule has 0 radical (unpaired) electrons. The highest BCUT2D eigenvalue weighted by molar-refractivity contribution is 5.55. The monoisotopic (exact) mass is 363 g/mol. The Labute approximate surface area is 141 Å². The van der Waals surface area contributed by atoms with Crippen LogP contribution in [0.25, 0.3) is 11.4 Å². The lowest BCUT2D eigenvalue weighted by atomic mass is 10.1. The summed E-state index contributed by atoms with van der Waals surface area (Å²) in [6, 6.07) is 4.70. The molecule has 4 nitrogen and oxygen atoms in total. The predicted molar refractivity (Wildman–Crippen MR) is 81.2 cm³/mol. The maximum absolute atomic E-state index is 12.7. The summed E-state index contributed by atoms with van der Waals surface area (Å²) in [5.41, 5.74) is -0.559. The highest BCUT2D eigenvalue weighted by Crippen LogP contribution is 2.31. The van der Waals surface area contributed by atoms with Gasteiger partial charge in [-0.25, -0.2) is 8.78 Å². The zero-order valence-electron chi connectivity index (χ0n) is 13.6. The first kappa shape index (κ1) is 19.3. The van der Waals surface area contributed by atoms with Crippen molar-refractivity contribution < 1.29 is 26.5 Å². The number of aromatic nitrogens is 2. The molecule has 0 N–H and O–H groups in total. The molecule has 138 valence electrons. The lowest BCUT2D eigenvalue weighted by molar-refractivity contribution is -0.137. The van der Waals surface area contributed by atoms with E-state index in [9.17, 15) is 22.0 Å². The molecule has 0 saturated heterocycles. The van der Waals surface area contributed by atoms with Crippen molar-refractivity contribution in [2.75, 3.05) is 20.1 Å². The molecule has 0 aliphatic rings. The second-order valence-electron chi connectivity index (χ2n) is 5.68. The minimum absolute atomic E-state index is 0.0900. The van der Waals surface area contributed by atoms with Gasteiger partial charge in [0.15, 0.2) is 0 Å². The van der Waals surface area contributed by atoms with Crippen LogP contribution >= 0.6 is 0 Å². The van der Waals surface area contributed by atoms with E-state index in [-0.39, 0.29) is 24.4 Å². The summed E-state index contributed by atoms with van der Waals surface area (Å²) in [6.07, 6.45) is -5.91. The number of rotatable bonds is 8. The van der Waals surface area contributed by atoms with Crippen LogP contribution in [0.4, 0.5) is 22.0 Å². The molecule has 0 unspecified atom stereocenters. The number of hydrogen-bond acceptors (Lipinski definition) is 4. The van der Waals surface area contributed by atoms with Crippen molar-refractivity contribution in [1.82, 2.24) is 15.0 Å². The zero-order valence-corrected chi connectivity index (χ0v) is 13.6. The molecule has 0 aliphatic heterocycles. The van der Waals surface area contributed by atoms with Crippen molar-refractivity contribution >= 4 is 0 Å². The molecule has 1 aromatic carbocycles. The van der Waals surface area contributed by atoms with Crippen LogP contribution in [0.1, 0.15) is 24.3 Å². The molecule has 25 heavy (non-hydrogen) atoms. The molecule has 2 aromatic rings. The summed E-state index contributed by atoms with van der Waals surface area (Å²) in [4.78, 5) is 5.87. The SMILES string of the molecule is CN(CCCc1nc(-c2cccc(C(F)(F)F)c2)no1)CCC(F)F. The first-order chi connectivity index (χ1) is 11.8. The first-order valence-electron chi connectivity index (χ1n) is 7.72. The van der Waals surface area contributed by atoms with Gasteiger partial charge in [-0.15, -0.1) is 0 Å². The van der Waals surface area contributed by atoms with Crippen molar-refractivity contribution in [1.29, 1.82) is 0 Å². The Bertz CT molecular complexity index is 672. The number of benzene rings is 1. The third-order valence-corrected chi connectivity index (χ3v) is 3.58. The van der Waals surface area contributed by atoms with Crippen LogP contribution in [-0.4, -0.2) is 41.6 Å². The highest BCUT2D eigenvalue weighted by Gasteiger charge is 2.30. The molecule has 0 bridgehead atoms. The summed E-state index contributed by atoms with van der Waals surface area (Å²) in [5, 5.41) is 3.70. The Hall–Kier alpha value is -2.03. The van der Waals surface area contributed by atoms with Gasteiger partial charge in [0.05, 0.1) is 5.56 Å². The van der Waals surface area contributed by atoms with Crippen LogP contribution in [0, 0.1) is 0 Å². The second kappa shape index (κ2) is 8.37. The maximum Gasteiger partial charge on any atom is 0.416 e. The smallest absolute Gasteiger partial charge is 0.339 e. The Balaban J connectivity index is 1.90. The minimum atomic E-state index is -4.44. The molecule has 0 aliphatic carbocycles. The highest BCUT2D eigenvalue weighted by atomic mass is 19.4. The summed E-state index contributed by atoms with van der Waals surface area (Å²) in [5.74, 6) is 0.391. The quantitative estimate of drug-likeness (QED) is 0.657. The molecule has 1 aromatic heterocycles. The van der Waals surface area contributed by atoms with E-state index in [1.165, 1.54) is 12.1 Å². The van der Waals surface area contributed by atoms with Crippen molar-refractivity contribution in [2.45, 2.75) is 31.9 Å². The molecule has 9 heteroatoms. The number of hydrogen-bond donors (Lipinski definition) is 0. The van der Waals surface area contributed by atoms with E-state index in [0.29, 0.717) is 25.3 Å². The fraction of sp³-hybridized carbons (Fsp3) is 0.500. The second-order valence-corrected chi connectivity index (χ2v) is 5.68. The van der Waals surface area contributed by atoms with Crippen LogP contribution in [0.3, 0.4) is 0 Å². The summed E-state index contributed by atoms with van der Waals surface area (Å²) < 4.78 is 67.5. The van der Waals surface area contributed by atoms with E-state index in [4.69, 9.17) is 4.52 Å². The van der Waals surface area contributed by atoms with Gasteiger partial charge in [-0.05, 0) is 32.1 Å². The average Bonchev–Trinajstić information content (AvgIpc) is 3.01. The Morgan fingerprint density at radius 1 is 1.20 bits per heavy atom. The standard InChI is InChI=1S/C16H18F5N3O/c1-24(9-7-13(17)18)8-3-6-14-22-15(23-25-14)11-4-2-5-12(10-11)16(19,20)21/h2,4-5,10,13H,3,6-9H2,1H3. The molecule has 0 spiro atoms. The van der Waals surface area contributed by atoms with Gasteiger partial charge in [0.25, 0.3) is 0 Å². The molecular weight excluding hydrogens is 345 g/mol. The van der Waals surface area contributed by atoms with E-state index in [1.54, 1.807) is 11.9 Å².